The van der Waals surface area contributed by atoms with E-state index in [-0.39, 0.29) is 22.9 Å². The van der Waals surface area contributed by atoms with Crippen molar-refractivity contribution in [2.75, 3.05) is 13.9 Å². The first-order chi connectivity index (χ1) is 16.2. The molecule has 0 bridgehead atoms. The van der Waals surface area contributed by atoms with Crippen molar-refractivity contribution in [1.82, 2.24) is 5.32 Å². The van der Waals surface area contributed by atoms with Crippen molar-refractivity contribution in [3.05, 3.63) is 58.1 Å². The number of aryl methyl sites for hydroxylation is 2. The largest absolute Gasteiger partial charge is 0.467 e. The van der Waals surface area contributed by atoms with Crippen molar-refractivity contribution < 1.29 is 9.47 Å². The van der Waals surface area contributed by atoms with Gasteiger partial charge in [-0.05, 0) is 68.4 Å². The van der Waals surface area contributed by atoms with Gasteiger partial charge in [-0.1, -0.05) is 91.9 Å². The Morgan fingerprint density at radius 3 is 2.20 bits per heavy atom. The van der Waals surface area contributed by atoms with Crippen molar-refractivity contribution in [1.29, 1.82) is 0 Å². The highest BCUT2D eigenvalue weighted by molar-refractivity contribution is 7.48. The van der Waals surface area contributed by atoms with Crippen LogP contribution in [-0.4, -0.2) is 19.4 Å². The summed E-state index contributed by atoms with van der Waals surface area (Å²) in [4.78, 5) is 0. The molecule has 4 heteroatoms. The summed E-state index contributed by atoms with van der Waals surface area (Å²) in [5, 5.41) is 5.13. The molecule has 0 aliphatic heterocycles. The van der Waals surface area contributed by atoms with Crippen LogP contribution >= 0.6 is 8.58 Å². The highest BCUT2D eigenvalue weighted by atomic mass is 31.1. The van der Waals surface area contributed by atoms with Gasteiger partial charge in [-0.2, -0.15) is 0 Å². The van der Waals surface area contributed by atoms with Gasteiger partial charge in [0.15, 0.2) is 6.79 Å². The summed E-state index contributed by atoms with van der Waals surface area (Å²) in [5.74, 6) is 0.993. The van der Waals surface area contributed by atoms with Gasteiger partial charge in [0.2, 0.25) is 0 Å². The predicted octanol–water partition coefficient (Wildman–Crippen LogP) is 7.88. The molecule has 0 heterocycles. The van der Waals surface area contributed by atoms with E-state index in [9.17, 15) is 0 Å². The summed E-state index contributed by atoms with van der Waals surface area (Å²) in [6, 6.07) is 11.7. The molecule has 35 heavy (non-hydrogen) atoms. The van der Waals surface area contributed by atoms with Crippen LogP contribution in [0.3, 0.4) is 0 Å². The minimum Gasteiger partial charge on any atom is -0.467 e. The van der Waals surface area contributed by atoms with Gasteiger partial charge >= 0.3 is 0 Å². The minimum absolute atomic E-state index is 0.0309. The first-order valence-electron chi connectivity index (χ1n) is 13.1. The molecule has 2 aromatic carbocycles. The first-order valence-corrected chi connectivity index (χ1v) is 14.1. The lowest BCUT2D eigenvalue weighted by Gasteiger charge is -2.35. The standard InChI is InChI=1S/C31H50NO2P/c1-12-13-16-31(10,35-27-15-14-22(2)17-24(27)20-32-30(7,8)9)26-19-25(29(4,5)6)18-23(3)28(26)34-21-33-11/h14-15,17-19,32,35H,12-13,16,20-21H2,1-11H3. The molecule has 1 N–H and O–H groups in total. The fourth-order valence-corrected chi connectivity index (χ4v) is 6.07. The van der Waals surface area contributed by atoms with E-state index < -0.39 is 0 Å². The third-order valence-corrected chi connectivity index (χ3v) is 8.40. The van der Waals surface area contributed by atoms with Crippen LogP contribution in [0, 0.1) is 13.8 Å². The summed E-state index contributed by atoms with van der Waals surface area (Å²) in [5.41, 5.74) is 6.74. The average Bonchev–Trinajstić information content (AvgIpc) is 2.75. The Labute approximate surface area is 217 Å². The summed E-state index contributed by atoms with van der Waals surface area (Å²) in [7, 11) is 2.33. The fourth-order valence-electron chi connectivity index (χ4n) is 4.37. The van der Waals surface area contributed by atoms with E-state index in [4.69, 9.17) is 9.47 Å². The fraction of sp³-hybridized carbons (Fsp3) is 0.613. The third kappa shape index (κ3) is 8.59. The topological polar surface area (TPSA) is 30.5 Å². The molecule has 2 aromatic rings. The van der Waals surface area contributed by atoms with Crippen LogP contribution in [0.15, 0.2) is 30.3 Å². The lowest BCUT2D eigenvalue weighted by atomic mass is 9.82. The monoisotopic (exact) mass is 499 g/mol. The molecule has 0 saturated heterocycles. The van der Waals surface area contributed by atoms with Crippen LogP contribution in [0.25, 0.3) is 0 Å². The van der Waals surface area contributed by atoms with Gasteiger partial charge in [-0.25, -0.2) is 0 Å². The Balaban J connectivity index is 2.66. The van der Waals surface area contributed by atoms with Gasteiger partial charge in [-0.15, -0.1) is 0 Å². The Morgan fingerprint density at radius 2 is 1.63 bits per heavy atom. The van der Waals surface area contributed by atoms with Gasteiger partial charge in [-0.3, -0.25) is 0 Å². The predicted molar refractivity (Wildman–Crippen MR) is 155 cm³/mol. The number of benzene rings is 2. The van der Waals surface area contributed by atoms with Crippen LogP contribution in [0.1, 0.15) is 102 Å². The van der Waals surface area contributed by atoms with E-state index in [0.717, 1.165) is 18.7 Å². The average molecular weight is 500 g/mol. The van der Waals surface area contributed by atoms with E-state index >= 15 is 0 Å². The zero-order chi connectivity index (χ0) is 26.4. The number of nitrogens with one attached hydrogen (secondary N) is 1. The maximum absolute atomic E-state index is 6.26. The summed E-state index contributed by atoms with van der Waals surface area (Å²) >= 11 is 0. The van der Waals surface area contributed by atoms with Crippen LogP contribution < -0.4 is 15.4 Å². The molecule has 196 valence electrons. The van der Waals surface area contributed by atoms with Crippen LogP contribution in [-0.2, 0) is 21.9 Å². The Morgan fingerprint density at radius 1 is 0.943 bits per heavy atom. The SMILES string of the molecule is CCCCC(C)(Pc1ccc(C)cc1CNC(C)(C)C)c1cc(C(C)(C)C)cc(C)c1OCOC. The molecule has 0 aromatic heterocycles. The van der Waals surface area contributed by atoms with Crippen LogP contribution in [0.5, 0.6) is 5.75 Å². The van der Waals surface area contributed by atoms with Gasteiger partial charge in [0.25, 0.3) is 0 Å². The number of rotatable bonds is 11. The molecular weight excluding hydrogens is 449 g/mol. The van der Waals surface area contributed by atoms with Gasteiger partial charge in [0, 0.05) is 29.9 Å². The molecule has 3 nitrogen and oxygen atoms in total. The Bertz CT molecular complexity index is 971. The highest BCUT2D eigenvalue weighted by Gasteiger charge is 2.33. The maximum atomic E-state index is 6.26. The number of unbranched alkanes of at least 4 members (excludes halogenated alkanes) is 1. The Kier molecular flexibility index (Phi) is 10.4. The smallest absolute Gasteiger partial charge is 0.188 e. The maximum Gasteiger partial charge on any atom is 0.188 e. The molecule has 0 radical (unpaired) electrons. The van der Waals surface area contributed by atoms with Crippen LogP contribution in [0.2, 0.25) is 0 Å². The molecule has 0 amide bonds. The molecule has 2 rings (SSSR count). The Hall–Kier alpha value is -1.41. The van der Waals surface area contributed by atoms with Crippen molar-refractivity contribution in [3.63, 3.8) is 0 Å². The van der Waals surface area contributed by atoms with Crippen molar-refractivity contribution >= 4 is 13.9 Å². The molecule has 2 atom stereocenters. The summed E-state index contributed by atoms with van der Waals surface area (Å²) < 4.78 is 11.6. The van der Waals surface area contributed by atoms with Gasteiger partial charge in [0.05, 0.1) is 0 Å². The van der Waals surface area contributed by atoms with E-state index in [1.165, 1.54) is 46.0 Å². The number of methoxy groups -OCH3 is 1. The van der Waals surface area contributed by atoms with Gasteiger partial charge in [0.1, 0.15) is 5.75 Å². The molecule has 0 spiro atoms. The second-order valence-corrected chi connectivity index (χ2v) is 14.2. The van der Waals surface area contributed by atoms with Gasteiger partial charge < -0.3 is 14.8 Å². The number of hydrogen-bond acceptors (Lipinski definition) is 3. The molecule has 0 aliphatic carbocycles. The summed E-state index contributed by atoms with van der Waals surface area (Å²) in [6.45, 7) is 23.8. The second-order valence-electron chi connectivity index (χ2n) is 12.3. The van der Waals surface area contributed by atoms with Crippen molar-refractivity contribution in [2.24, 2.45) is 0 Å². The van der Waals surface area contributed by atoms with E-state index in [2.05, 4.69) is 105 Å². The molecule has 2 unspecified atom stereocenters. The lowest BCUT2D eigenvalue weighted by Crippen LogP contribution is -2.36. The van der Waals surface area contributed by atoms with Crippen molar-refractivity contribution in [3.8, 4) is 5.75 Å². The van der Waals surface area contributed by atoms with Crippen molar-refractivity contribution in [2.45, 2.75) is 111 Å². The van der Waals surface area contributed by atoms with E-state index in [0.29, 0.717) is 8.58 Å². The van der Waals surface area contributed by atoms with Crippen LogP contribution in [0.4, 0.5) is 0 Å². The highest BCUT2D eigenvalue weighted by Crippen LogP contribution is 2.50. The summed E-state index contributed by atoms with van der Waals surface area (Å²) in [6.07, 6.45) is 3.49. The quantitative estimate of drug-likeness (QED) is 0.252. The molecular formula is C31H50NO2P. The molecule has 0 saturated carbocycles. The lowest BCUT2D eigenvalue weighted by molar-refractivity contribution is 0.0495. The molecule has 0 aliphatic rings. The molecule has 0 fully saturated rings. The number of hydrogen-bond donors (Lipinski definition) is 1. The van der Waals surface area contributed by atoms with E-state index in [1.807, 2.05) is 0 Å². The zero-order valence-corrected chi connectivity index (χ0v) is 25.2. The second kappa shape index (κ2) is 12.2. The third-order valence-electron chi connectivity index (χ3n) is 6.57. The minimum atomic E-state index is -0.0309. The first kappa shape index (κ1) is 29.8. The zero-order valence-electron chi connectivity index (χ0n) is 24.2. The van der Waals surface area contributed by atoms with E-state index in [1.54, 1.807) is 7.11 Å². The number of ether oxygens (including phenoxy) is 2. The normalized spacial score (nSPS) is 14.5.